The number of amides is 1. The summed E-state index contributed by atoms with van der Waals surface area (Å²) in [6.07, 6.45) is 1.59. The molecule has 4 rings (SSSR count). The number of fused-ring (bicyclic) bond motifs is 1. The molecule has 1 saturated heterocycles. The molecule has 1 amide bonds. The smallest absolute Gasteiger partial charge is 0.352 e. The number of aryl methyl sites for hydroxylation is 1. The predicted octanol–water partition coefficient (Wildman–Crippen LogP) is 4.95. The van der Waals surface area contributed by atoms with Gasteiger partial charge in [0, 0.05) is 36.0 Å². The van der Waals surface area contributed by atoms with Crippen molar-refractivity contribution >= 4 is 53.0 Å². The molecule has 9 nitrogen and oxygen atoms in total. The average Bonchev–Trinajstić information content (AvgIpc) is 3.26. The lowest BCUT2D eigenvalue weighted by Crippen LogP contribution is -2.73. The Labute approximate surface area is 241 Å². The highest BCUT2D eigenvalue weighted by Crippen LogP contribution is 2.49. The standard InChI is InChI=1S/C27H34N4O5S3/c1-14-29-30-24(39-14)38-13-16-12-37-23-27(36-8,22(35)31(23)19(16)21(33)34)28-11-15-9-17(25(2,3)4)20(32)18(10-15)26(5,6)7/h9-11,23,32H,12-13H2,1-8H3,(H,33,34)/t23?,27-/m0/s1. The van der Waals surface area contributed by atoms with E-state index in [4.69, 9.17) is 4.74 Å². The predicted molar refractivity (Wildman–Crippen MR) is 156 cm³/mol. The number of aliphatic carboxylic acids is 1. The number of rotatable bonds is 7. The van der Waals surface area contributed by atoms with Gasteiger partial charge < -0.3 is 14.9 Å². The number of aliphatic imine (C=N–C) groups is 1. The summed E-state index contributed by atoms with van der Waals surface area (Å²) in [6.45, 7) is 14.0. The highest BCUT2D eigenvalue weighted by atomic mass is 32.2. The molecule has 39 heavy (non-hydrogen) atoms. The van der Waals surface area contributed by atoms with Gasteiger partial charge in [-0.2, -0.15) is 0 Å². The van der Waals surface area contributed by atoms with Crippen LogP contribution in [0.3, 0.4) is 0 Å². The summed E-state index contributed by atoms with van der Waals surface area (Å²) >= 11 is 4.28. The molecule has 0 aliphatic carbocycles. The molecule has 1 aromatic heterocycles. The van der Waals surface area contributed by atoms with E-state index in [0.29, 0.717) is 17.1 Å². The second-order valence-electron chi connectivity index (χ2n) is 11.6. The first-order valence-electron chi connectivity index (χ1n) is 12.4. The van der Waals surface area contributed by atoms with Crippen molar-refractivity contribution in [1.82, 2.24) is 15.1 Å². The first-order chi connectivity index (χ1) is 18.1. The van der Waals surface area contributed by atoms with E-state index in [0.717, 1.165) is 26.0 Å². The quantitative estimate of drug-likeness (QED) is 0.262. The number of aromatic nitrogens is 2. The van der Waals surface area contributed by atoms with Crippen LogP contribution in [-0.2, 0) is 25.2 Å². The van der Waals surface area contributed by atoms with Crippen LogP contribution in [0.4, 0.5) is 0 Å². The second-order valence-corrected chi connectivity index (χ2v) is 15.1. The number of phenolic OH excluding ortho intramolecular Hbond substituents is 1. The Morgan fingerprint density at radius 1 is 1.23 bits per heavy atom. The number of benzene rings is 1. The number of carboxylic acid groups (broad SMARTS) is 1. The van der Waals surface area contributed by atoms with Gasteiger partial charge in [0.05, 0.1) is 0 Å². The Bertz CT molecular complexity index is 1340. The van der Waals surface area contributed by atoms with Gasteiger partial charge in [0.15, 0.2) is 4.34 Å². The van der Waals surface area contributed by atoms with E-state index in [1.807, 2.05) is 60.6 Å². The maximum Gasteiger partial charge on any atom is 0.352 e. The SMILES string of the molecule is CO[C@@]1(N=Cc2cc(C(C)(C)C)c(O)c(C(C)(C)C)c2)C(=O)N2C(C(=O)O)=C(CSc3nnc(C)s3)CSC21. The summed E-state index contributed by atoms with van der Waals surface area (Å²) in [7, 11) is 1.42. The van der Waals surface area contributed by atoms with Crippen molar-refractivity contribution in [3.05, 3.63) is 45.1 Å². The first kappa shape index (κ1) is 29.6. The van der Waals surface area contributed by atoms with Gasteiger partial charge in [0.25, 0.3) is 11.6 Å². The topological polar surface area (TPSA) is 125 Å². The van der Waals surface area contributed by atoms with Crippen LogP contribution < -0.4 is 0 Å². The van der Waals surface area contributed by atoms with Crippen LogP contribution in [0.2, 0.25) is 0 Å². The number of hydrogen-bond acceptors (Lipinski definition) is 10. The highest BCUT2D eigenvalue weighted by Gasteiger charge is 2.66. The molecular formula is C27H34N4O5S3. The fraction of sp³-hybridized carbons (Fsp3) is 0.519. The third-order valence-corrected chi connectivity index (χ3v) is 10.0. The van der Waals surface area contributed by atoms with Crippen LogP contribution >= 0.6 is 34.9 Å². The Balaban J connectivity index is 1.66. The summed E-state index contributed by atoms with van der Waals surface area (Å²) in [5.74, 6) is -0.608. The molecule has 2 atom stereocenters. The molecule has 1 aromatic carbocycles. The molecule has 2 aliphatic heterocycles. The van der Waals surface area contributed by atoms with E-state index < -0.39 is 23.0 Å². The molecule has 1 fully saturated rings. The second kappa shape index (κ2) is 10.5. The van der Waals surface area contributed by atoms with Crippen molar-refractivity contribution in [2.45, 2.75) is 74.7 Å². The van der Waals surface area contributed by atoms with E-state index in [2.05, 4.69) is 15.2 Å². The zero-order valence-corrected chi connectivity index (χ0v) is 25.8. The van der Waals surface area contributed by atoms with Gasteiger partial charge in [-0.25, -0.2) is 9.79 Å². The number of β-lactam (4-membered cyclic amide) rings is 1. The molecule has 0 bridgehead atoms. The van der Waals surface area contributed by atoms with Gasteiger partial charge >= 0.3 is 5.97 Å². The van der Waals surface area contributed by atoms with Crippen molar-refractivity contribution in [3.63, 3.8) is 0 Å². The number of hydrogen-bond donors (Lipinski definition) is 2. The van der Waals surface area contributed by atoms with E-state index in [9.17, 15) is 19.8 Å². The lowest BCUT2D eigenvalue weighted by atomic mass is 9.78. The van der Waals surface area contributed by atoms with E-state index >= 15 is 0 Å². The summed E-state index contributed by atoms with van der Waals surface area (Å²) in [5, 5.41) is 29.4. The fourth-order valence-electron chi connectivity index (χ4n) is 4.57. The van der Waals surface area contributed by atoms with Crippen molar-refractivity contribution < 1.29 is 24.5 Å². The van der Waals surface area contributed by atoms with E-state index in [-0.39, 0.29) is 22.3 Å². The van der Waals surface area contributed by atoms with Gasteiger partial charge in [-0.3, -0.25) is 9.69 Å². The molecule has 0 radical (unpaired) electrons. The molecule has 0 spiro atoms. The Hall–Kier alpha value is -2.41. The number of aromatic hydroxyl groups is 1. The Morgan fingerprint density at radius 2 is 1.85 bits per heavy atom. The number of phenols is 1. The molecule has 2 N–H and O–H groups in total. The van der Waals surface area contributed by atoms with Crippen molar-refractivity contribution in [2.24, 2.45) is 4.99 Å². The molecular weight excluding hydrogens is 557 g/mol. The number of carbonyl (C=O) groups excluding carboxylic acids is 1. The highest BCUT2D eigenvalue weighted by molar-refractivity contribution is 8.01. The molecule has 12 heteroatoms. The number of ether oxygens (including phenoxy) is 1. The minimum atomic E-state index is -1.54. The van der Waals surface area contributed by atoms with Crippen LogP contribution in [0.25, 0.3) is 0 Å². The number of nitrogens with zero attached hydrogens (tertiary/aromatic N) is 4. The molecule has 0 saturated carbocycles. The number of carbonyl (C=O) groups is 2. The molecule has 3 heterocycles. The summed E-state index contributed by atoms with van der Waals surface area (Å²) in [5.41, 5.74) is 0.727. The van der Waals surface area contributed by atoms with Crippen LogP contribution in [0, 0.1) is 6.92 Å². The molecule has 210 valence electrons. The van der Waals surface area contributed by atoms with Crippen LogP contribution in [0.15, 0.2) is 32.7 Å². The van der Waals surface area contributed by atoms with E-state index in [1.54, 1.807) is 6.21 Å². The lowest BCUT2D eigenvalue weighted by Gasteiger charge is -2.53. The third-order valence-electron chi connectivity index (χ3n) is 6.63. The number of carboxylic acids is 1. The van der Waals surface area contributed by atoms with Crippen molar-refractivity contribution in [2.75, 3.05) is 18.6 Å². The van der Waals surface area contributed by atoms with Crippen LogP contribution in [0.5, 0.6) is 5.75 Å². The summed E-state index contributed by atoms with van der Waals surface area (Å²) in [6, 6.07) is 3.75. The Kier molecular flexibility index (Phi) is 7.98. The van der Waals surface area contributed by atoms with Crippen molar-refractivity contribution in [1.29, 1.82) is 0 Å². The number of thioether (sulfide) groups is 2. The molecule has 1 unspecified atom stereocenters. The molecule has 2 aliphatic rings. The zero-order valence-electron chi connectivity index (χ0n) is 23.4. The largest absolute Gasteiger partial charge is 0.507 e. The van der Waals surface area contributed by atoms with Gasteiger partial charge in [-0.05, 0) is 41.0 Å². The van der Waals surface area contributed by atoms with Crippen LogP contribution in [-0.4, -0.2) is 73.1 Å². The average molecular weight is 591 g/mol. The van der Waals surface area contributed by atoms with Gasteiger partial charge in [0.2, 0.25) is 0 Å². The maximum absolute atomic E-state index is 13.5. The normalized spacial score (nSPS) is 21.9. The summed E-state index contributed by atoms with van der Waals surface area (Å²) < 4.78 is 6.45. The van der Waals surface area contributed by atoms with Crippen molar-refractivity contribution in [3.8, 4) is 5.75 Å². The van der Waals surface area contributed by atoms with E-state index in [1.165, 1.54) is 46.9 Å². The molecule has 2 aromatic rings. The van der Waals surface area contributed by atoms with Gasteiger partial charge in [0.1, 0.15) is 21.8 Å². The van der Waals surface area contributed by atoms with Gasteiger partial charge in [-0.1, -0.05) is 64.6 Å². The summed E-state index contributed by atoms with van der Waals surface area (Å²) in [4.78, 5) is 31.7. The Morgan fingerprint density at radius 3 is 2.33 bits per heavy atom. The minimum absolute atomic E-state index is 0.0185. The number of methoxy groups -OCH3 is 1. The lowest BCUT2D eigenvalue weighted by molar-refractivity contribution is -0.182. The maximum atomic E-state index is 13.5. The zero-order chi connectivity index (χ0) is 28.9. The fourth-order valence-corrected chi connectivity index (χ4v) is 7.96. The monoisotopic (exact) mass is 590 g/mol. The first-order valence-corrected chi connectivity index (χ1v) is 15.3. The van der Waals surface area contributed by atoms with Gasteiger partial charge in [-0.15, -0.1) is 22.0 Å². The van der Waals surface area contributed by atoms with Crippen LogP contribution in [0.1, 0.15) is 63.2 Å². The third kappa shape index (κ3) is 5.48. The minimum Gasteiger partial charge on any atom is -0.507 e.